The van der Waals surface area contributed by atoms with Gasteiger partial charge in [0.05, 0.1) is 5.69 Å². The molecule has 0 N–H and O–H groups in total. The Morgan fingerprint density at radius 3 is 1.60 bits per heavy atom. The van der Waals surface area contributed by atoms with Crippen molar-refractivity contribution in [3.8, 4) is 44.5 Å². The van der Waals surface area contributed by atoms with E-state index in [1.807, 2.05) is 0 Å². The van der Waals surface area contributed by atoms with Crippen LogP contribution in [0.3, 0.4) is 0 Å². The van der Waals surface area contributed by atoms with Gasteiger partial charge < -0.3 is 4.90 Å². The van der Waals surface area contributed by atoms with Gasteiger partial charge in [-0.25, -0.2) is 0 Å². The van der Waals surface area contributed by atoms with Gasteiger partial charge >= 0.3 is 0 Å². The second-order valence-corrected chi connectivity index (χ2v) is 19.8. The first kappa shape index (κ1) is 39.4. The van der Waals surface area contributed by atoms with Crippen LogP contribution in [0.4, 0.5) is 17.1 Å². The van der Waals surface area contributed by atoms with Gasteiger partial charge in [-0.2, -0.15) is 0 Å². The van der Waals surface area contributed by atoms with Gasteiger partial charge in [-0.05, 0) is 124 Å². The Balaban J connectivity index is 1.20. The molecule has 304 valence electrons. The van der Waals surface area contributed by atoms with Crippen LogP contribution in [0.1, 0.15) is 77.6 Å². The van der Waals surface area contributed by atoms with Crippen molar-refractivity contribution in [2.75, 3.05) is 4.90 Å². The molecule has 1 aliphatic carbocycles. The zero-order valence-corrected chi connectivity index (χ0v) is 37.3. The lowest BCUT2D eigenvalue weighted by atomic mass is 9.74. The van der Waals surface area contributed by atoms with E-state index in [1.54, 1.807) is 0 Å². The van der Waals surface area contributed by atoms with E-state index in [1.165, 1.54) is 88.3 Å². The lowest BCUT2D eigenvalue weighted by molar-refractivity contribution is 0.564. The first-order valence-corrected chi connectivity index (χ1v) is 22.2. The molecule has 0 aliphatic heterocycles. The maximum Gasteiger partial charge on any atom is 0.0540 e. The molecule has 10 rings (SSSR count). The smallest absolute Gasteiger partial charge is 0.0540 e. The monoisotopic (exact) mass is 801 g/mol. The van der Waals surface area contributed by atoms with E-state index in [0.29, 0.717) is 0 Å². The first-order valence-electron chi connectivity index (χ1n) is 22.2. The summed E-state index contributed by atoms with van der Waals surface area (Å²) in [5, 5.41) is 5.01. The predicted octanol–water partition coefficient (Wildman–Crippen LogP) is 17.4. The van der Waals surface area contributed by atoms with Gasteiger partial charge in [-0.15, -0.1) is 0 Å². The summed E-state index contributed by atoms with van der Waals surface area (Å²) >= 11 is 0. The Hall–Kier alpha value is -6.70. The molecule has 0 spiro atoms. The fourth-order valence-electron chi connectivity index (χ4n) is 10.0. The summed E-state index contributed by atoms with van der Waals surface area (Å²) in [6.45, 7) is 19.0. The Labute approximate surface area is 368 Å². The van der Waals surface area contributed by atoms with Gasteiger partial charge in [-0.1, -0.05) is 213 Å². The lowest BCUT2D eigenvalue weighted by Gasteiger charge is -2.31. The topological polar surface area (TPSA) is 3.24 Å². The molecule has 1 aliphatic rings. The summed E-state index contributed by atoms with van der Waals surface area (Å²) in [5.74, 6) is 0. The van der Waals surface area contributed by atoms with Crippen molar-refractivity contribution in [3.05, 3.63) is 210 Å². The quantitative estimate of drug-likeness (QED) is 0.162. The minimum absolute atomic E-state index is 0.0273. The van der Waals surface area contributed by atoms with Crippen LogP contribution in [-0.4, -0.2) is 0 Å². The number of para-hydroxylation sites is 1. The molecule has 9 aromatic carbocycles. The summed E-state index contributed by atoms with van der Waals surface area (Å²) in [5.41, 5.74) is 18.9. The van der Waals surface area contributed by atoms with Crippen molar-refractivity contribution in [2.45, 2.75) is 71.6 Å². The van der Waals surface area contributed by atoms with E-state index in [0.717, 1.165) is 17.1 Å². The molecule has 0 amide bonds. The van der Waals surface area contributed by atoms with Crippen molar-refractivity contribution in [1.82, 2.24) is 0 Å². The lowest BCUT2D eigenvalue weighted by Crippen LogP contribution is -2.21. The van der Waals surface area contributed by atoms with Crippen LogP contribution in [-0.2, 0) is 16.2 Å². The molecular weight excluding hydrogens is 747 g/mol. The Kier molecular flexibility index (Phi) is 9.38. The number of fused-ring (bicyclic) bond motifs is 5. The first-order chi connectivity index (χ1) is 29.8. The van der Waals surface area contributed by atoms with Crippen molar-refractivity contribution >= 4 is 38.6 Å². The molecule has 0 aromatic heterocycles. The minimum Gasteiger partial charge on any atom is -0.310 e. The molecule has 0 bridgehead atoms. The maximum atomic E-state index is 2.52. The number of anilines is 3. The summed E-state index contributed by atoms with van der Waals surface area (Å²) in [7, 11) is 0. The highest BCUT2D eigenvalue weighted by Gasteiger charge is 2.41. The fourth-order valence-corrected chi connectivity index (χ4v) is 10.0. The Morgan fingerprint density at radius 2 is 0.935 bits per heavy atom. The third kappa shape index (κ3) is 6.63. The van der Waals surface area contributed by atoms with E-state index in [-0.39, 0.29) is 16.2 Å². The molecule has 0 fully saturated rings. The van der Waals surface area contributed by atoms with Gasteiger partial charge in [0.15, 0.2) is 0 Å². The molecule has 9 aromatic rings. The normalized spacial score (nSPS) is 13.3. The summed E-state index contributed by atoms with van der Waals surface area (Å²) < 4.78 is 0. The average Bonchev–Trinajstić information content (AvgIpc) is 3.51. The number of hydrogen-bond acceptors (Lipinski definition) is 1. The second-order valence-electron chi connectivity index (χ2n) is 19.8. The van der Waals surface area contributed by atoms with Crippen LogP contribution in [0.15, 0.2) is 188 Å². The van der Waals surface area contributed by atoms with Crippen LogP contribution >= 0.6 is 0 Å². The van der Waals surface area contributed by atoms with Gasteiger partial charge in [0.25, 0.3) is 0 Å². The van der Waals surface area contributed by atoms with Gasteiger partial charge in [0, 0.05) is 22.4 Å². The zero-order chi connectivity index (χ0) is 43.0. The summed E-state index contributed by atoms with van der Waals surface area (Å²) in [4.78, 5) is 2.48. The van der Waals surface area contributed by atoms with Crippen LogP contribution in [0.2, 0.25) is 0 Å². The molecule has 1 heteroatoms. The van der Waals surface area contributed by atoms with Crippen LogP contribution in [0.25, 0.3) is 66.1 Å². The highest BCUT2D eigenvalue weighted by atomic mass is 15.1. The number of benzene rings is 9. The number of rotatable bonds is 6. The third-order valence-corrected chi connectivity index (χ3v) is 13.3. The van der Waals surface area contributed by atoms with Crippen molar-refractivity contribution < 1.29 is 0 Å². The average molecular weight is 802 g/mol. The van der Waals surface area contributed by atoms with Crippen molar-refractivity contribution in [2.24, 2.45) is 0 Å². The van der Waals surface area contributed by atoms with Crippen LogP contribution in [0.5, 0.6) is 0 Å². The summed E-state index contributed by atoms with van der Waals surface area (Å²) in [6, 6.07) is 70.0. The molecular formula is C61H55N. The molecule has 0 atom stereocenters. The predicted molar refractivity (Wildman–Crippen MR) is 267 cm³/mol. The van der Waals surface area contributed by atoms with Crippen molar-refractivity contribution in [1.29, 1.82) is 0 Å². The number of nitrogens with zero attached hydrogens (tertiary/aromatic N) is 1. The van der Waals surface area contributed by atoms with Gasteiger partial charge in [-0.3, -0.25) is 0 Å². The molecule has 0 saturated carbocycles. The third-order valence-electron chi connectivity index (χ3n) is 13.3. The zero-order valence-electron chi connectivity index (χ0n) is 37.3. The highest BCUT2D eigenvalue weighted by molar-refractivity contribution is 6.02. The Bertz CT molecular complexity index is 3160. The minimum atomic E-state index is -0.166. The van der Waals surface area contributed by atoms with Gasteiger partial charge in [0.1, 0.15) is 0 Å². The van der Waals surface area contributed by atoms with Crippen LogP contribution < -0.4 is 4.90 Å². The highest BCUT2D eigenvalue weighted by Crippen LogP contribution is 2.57. The Morgan fingerprint density at radius 1 is 0.387 bits per heavy atom. The molecule has 62 heavy (non-hydrogen) atoms. The summed E-state index contributed by atoms with van der Waals surface area (Å²) in [6.07, 6.45) is 0. The molecule has 0 saturated heterocycles. The fraction of sp³-hybridized carbons (Fsp3) is 0.180. The SMILES string of the molecule is CC(C)(C)c1cc(C(C)(C)C)c2c(c1)C(C)(C)c1cccc(-c3ccccc3N(c3ccc(-c4cccc5ccccc45)cc3)c3cccc(-c4cccc5ccccc45)c3)c1-2. The molecule has 0 radical (unpaired) electrons. The molecule has 0 heterocycles. The van der Waals surface area contributed by atoms with E-state index in [4.69, 9.17) is 0 Å². The van der Waals surface area contributed by atoms with Crippen molar-refractivity contribution in [3.63, 3.8) is 0 Å². The van der Waals surface area contributed by atoms with E-state index >= 15 is 0 Å². The molecule has 1 nitrogen and oxygen atoms in total. The number of hydrogen-bond donors (Lipinski definition) is 0. The van der Waals surface area contributed by atoms with E-state index < -0.39 is 0 Å². The largest absolute Gasteiger partial charge is 0.310 e. The standard InChI is InChI=1S/C61H55N/c1-59(2,3)44-38-54(60(4,5)6)58-55(39-44)61(7,8)53-31-18-30-52(57(53)58)51-27-13-14-32-56(51)62(45-35-33-42(34-36-45)49-28-16-21-40-19-9-11-25-47(40)49)46-24-15-23-43(37-46)50-29-17-22-41-20-10-12-26-48(41)50/h9-39H,1-8H3. The second kappa shape index (κ2) is 14.7. The van der Waals surface area contributed by atoms with Gasteiger partial charge in [0.2, 0.25) is 0 Å². The van der Waals surface area contributed by atoms with Crippen LogP contribution in [0, 0.1) is 0 Å². The maximum absolute atomic E-state index is 2.52. The molecule has 0 unspecified atom stereocenters. The van der Waals surface area contributed by atoms with E-state index in [2.05, 4.69) is 248 Å². The van der Waals surface area contributed by atoms with E-state index in [9.17, 15) is 0 Å².